The average molecular weight is 219 g/mol. The number of aryl methyl sites for hydroxylation is 1. The van der Waals surface area contributed by atoms with Gasteiger partial charge in [-0.15, -0.1) is 0 Å². The van der Waals surface area contributed by atoms with Crippen LogP contribution in [0, 0.1) is 12.3 Å². The first-order valence-electron chi connectivity index (χ1n) is 5.71. The van der Waals surface area contributed by atoms with Crippen LogP contribution in [0.4, 0.5) is 0 Å². The van der Waals surface area contributed by atoms with E-state index < -0.39 is 0 Å². The van der Waals surface area contributed by atoms with E-state index in [4.69, 9.17) is 9.68 Å². The summed E-state index contributed by atoms with van der Waals surface area (Å²) in [4.78, 5) is 11.3. The monoisotopic (exact) mass is 219 g/mol. The van der Waals surface area contributed by atoms with E-state index in [0.717, 1.165) is 13.0 Å². The molecule has 1 aliphatic heterocycles. The van der Waals surface area contributed by atoms with Crippen molar-refractivity contribution in [1.29, 1.82) is 0 Å². The van der Waals surface area contributed by atoms with Crippen LogP contribution in [0.5, 0.6) is 0 Å². The molecule has 0 unspecified atom stereocenters. The zero-order valence-electron chi connectivity index (χ0n) is 9.99. The number of nitrogens with zero attached hydrogens (tertiary/aromatic N) is 1. The summed E-state index contributed by atoms with van der Waals surface area (Å²) < 4.78 is 0. The molecule has 86 valence electrons. The average Bonchev–Trinajstić information content (AvgIpc) is 2.50. The van der Waals surface area contributed by atoms with E-state index in [0.29, 0.717) is 0 Å². The second-order valence-electron chi connectivity index (χ2n) is 5.23. The fourth-order valence-electron chi connectivity index (χ4n) is 2.77. The molecule has 0 spiro atoms. The van der Waals surface area contributed by atoms with Crippen LogP contribution in [0.2, 0.25) is 0 Å². The standard InChI is InChI=1S/C13H17NO2/c1-9-4-5-11-10(6-9)7-13(2)8-15-14(3)16-12(11)13/h4-6,12H,7-8H2,1-3H3/t12-,13+/m0/s1. The third-order valence-corrected chi connectivity index (χ3v) is 3.64. The van der Waals surface area contributed by atoms with E-state index in [1.807, 2.05) is 7.05 Å². The van der Waals surface area contributed by atoms with Crippen LogP contribution >= 0.6 is 0 Å². The van der Waals surface area contributed by atoms with Crippen molar-refractivity contribution >= 4 is 0 Å². The Labute approximate surface area is 95.9 Å². The zero-order chi connectivity index (χ0) is 11.3. The van der Waals surface area contributed by atoms with E-state index in [9.17, 15) is 0 Å². The van der Waals surface area contributed by atoms with Gasteiger partial charge in [-0.1, -0.05) is 35.9 Å². The molecule has 1 saturated heterocycles. The van der Waals surface area contributed by atoms with Crippen molar-refractivity contribution in [3.8, 4) is 0 Å². The summed E-state index contributed by atoms with van der Waals surface area (Å²) in [7, 11) is 1.81. The summed E-state index contributed by atoms with van der Waals surface area (Å²) >= 11 is 0. The van der Waals surface area contributed by atoms with Crippen molar-refractivity contribution in [2.24, 2.45) is 5.41 Å². The van der Waals surface area contributed by atoms with Gasteiger partial charge in [0.15, 0.2) is 0 Å². The molecule has 0 bridgehead atoms. The Morgan fingerprint density at radius 1 is 1.44 bits per heavy atom. The first kappa shape index (κ1) is 10.3. The minimum atomic E-state index is 0.0859. The smallest absolute Gasteiger partial charge is 0.115 e. The maximum atomic E-state index is 5.79. The van der Waals surface area contributed by atoms with Crippen LogP contribution in [-0.4, -0.2) is 18.9 Å². The second kappa shape index (κ2) is 3.29. The van der Waals surface area contributed by atoms with Gasteiger partial charge in [0.25, 0.3) is 0 Å². The Bertz CT molecular complexity index is 432. The summed E-state index contributed by atoms with van der Waals surface area (Å²) in [6.45, 7) is 5.09. The van der Waals surface area contributed by atoms with Crippen LogP contribution in [0.25, 0.3) is 0 Å². The van der Waals surface area contributed by atoms with E-state index in [-0.39, 0.29) is 11.5 Å². The van der Waals surface area contributed by atoms with Gasteiger partial charge in [0.05, 0.1) is 6.61 Å². The highest BCUT2D eigenvalue weighted by Crippen LogP contribution is 2.50. The molecule has 0 amide bonds. The maximum absolute atomic E-state index is 5.79. The van der Waals surface area contributed by atoms with E-state index >= 15 is 0 Å². The fraction of sp³-hybridized carbons (Fsp3) is 0.538. The SMILES string of the molecule is Cc1ccc2c(c1)C[C@]1(C)CON(C)O[C@@H]21. The van der Waals surface area contributed by atoms with Gasteiger partial charge in [-0.25, -0.2) is 0 Å². The lowest BCUT2D eigenvalue weighted by Crippen LogP contribution is -2.41. The molecule has 1 heterocycles. The molecular weight excluding hydrogens is 202 g/mol. The molecule has 1 aromatic rings. The van der Waals surface area contributed by atoms with Gasteiger partial charge >= 0.3 is 0 Å². The summed E-state index contributed by atoms with van der Waals surface area (Å²) in [5.41, 5.74) is 4.13. The van der Waals surface area contributed by atoms with Gasteiger partial charge < -0.3 is 0 Å². The van der Waals surface area contributed by atoms with Crippen LogP contribution in [0.3, 0.4) is 0 Å². The summed E-state index contributed by atoms with van der Waals surface area (Å²) in [6.07, 6.45) is 1.18. The highest BCUT2D eigenvalue weighted by molar-refractivity contribution is 5.39. The molecular formula is C13H17NO2. The molecule has 1 fully saturated rings. The lowest BCUT2D eigenvalue weighted by Gasteiger charge is -2.39. The number of hydroxylamine groups is 2. The van der Waals surface area contributed by atoms with Gasteiger partial charge in [0, 0.05) is 12.5 Å². The van der Waals surface area contributed by atoms with Crippen molar-refractivity contribution in [1.82, 2.24) is 5.23 Å². The lowest BCUT2D eigenvalue weighted by molar-refractivity contribution is -0.430. The number of fused-ring (bicyclic) bond motifs is 3. The van der Waals surface area contributed by atoms with Gasteiger partial charge in [0.2, 0.25) is 0 Å². The van der Waals surface area contributed by atoms with Crippen LogP contribution in [0.15, 0.2) is 18.2 Å². The Kier molecular flexibility index (Phi) is 2.11. The van der Waals surface area contributed by atoms with Gasteiger partial charge in [0.1, 0.15) is 6.10 Å². The van der Waals surface area contributed by atoms with Crippen molar-refractivity contribution in [3.63, 3.8) is 0 Å². The largest absolute Gasteiger partial charge is 0.274 e. The van der Waals surface area contributed by atoms with Crippen molar-refractivity contribution in [3.05, 3.63) is 34.9 Å². The van der Waals surface area contributed by atoms with Crippen LogP contribution in [-0.2, 0) is 16.1 Å². The quantitative estimate of drug-likeness (QED) is 0.669. The molecule has 0 aromatic heterocycles. The molecule has 0 N–H and O–H groups in total. The molecule has 1 aliphatic carbocycles. The van der Waals surface area contributed by atoms with E-state index in [1.165, 1.54) is 21.9 Å². The van der Waals surface area contributed by atoms with Crippen LogP contribution < -0.4 is 0 Å². The number of rotatable bonds is 0. The number of benzene rings is 1. The highest BCUT2D eigenvalue weighted by atomic mass is 17.0. The number of hydrogen-bond acceptors (Lipinski definition) is 3. The third-order valence-electron chi connectivity index (χ3n) is 3.64. The van der Waals surface area contributed by atoms with Gasteiger partial charge in [-0.2, -0.15) is 0 Å². The minimum absolute atomic E-state index is 0.0859. The molecule has 2 atom stereocenters. The first-order valence-corrected chi connectivity index (χ1v) is 5.71. The minimum Gasteiger partial charge on any atom is -0.274 e. The first-order chi connectivity index (χ1) is 7.58. The van der Waals surface area contributed by atoms with Crippen LogP contribution in [0.1, 0.15) is 29.7 Å². The third kappa shape index (κ3) is 1.39. The van der Waals surface area contributed by atoms with E-state index in [1.54, 1.807) is 0 Å². The predicted molar refractivity (Wildman–Crippen MR) is 60.5 cm³/mol. The van der Waals surface area contributed by atoms with Gasteiger partial charge in [-0.3, -0.25) is 9.68 Å². The Morgan fingerprint density at radius 3 is 3.06 bits per heavy atom. The van der Waals surface area contributed by atoms with Crippen molar-refractivity contribution in [2.45, 2.75) is 26.4 Å². The fourth-order valence-corrected chi connectivity index (χ4v) is 2.77. The summed E-state index contributed by atoms with van der Waals surface area (Å²) in [6, 6.07) is 6.62. The Balaban J connectivity index is 2.04. The summed E-state index contributed by atoms with van der Waals surface area (Å²) in [5.74, 6) is 0. The van der Waals surface area contributed by atoms with Crippen molar-refractivity contribution < 1.29 is 9.68 Å². The molecule has 3 nitrogen and oxygen atoms in total. The molecule has 16 heavy (non-hydrogen) atoms. The Hall–Kier alpha value is -0.900. The maximum Gasteiger partial charge on any atom is 0.115 e. The molecule has 0 radical (unpaired) electrons. The highest BCUT2D eigenvalue weighted by Gasteiger charge is 2.47. The van der Waals surface area contributed by atoms with E-state index in [2.05, 4.69) is 32.0 Å². The zero-order valence-corrected chi connectivity index (χ0v) is 9.99. The summed E-state index contributed by atoms with van der Waals surface area (Å²) in [5, 5.41) is 1.49. The molecule has 1 aromatic carbocycles. The van der Waals surface area contributed by atoms with Crippen molar-refractivity contribution in [2.75, 3.05) is 13.7 Å². The lowest BCUT2D eigenvalue weighted by atomic mass is 9.85. The Morgan fingerprint density at radius 2 is 2.25 bits per heavy atom. The molecule has 3 rings (SSSR count). The normalized spacial score (nSPS) is 33.6. The second-order valence-corrected chi connectivity index (χ2v) is 5.23. The topological polar surface area (TPSA) is 21.7 Å². The number of hydrogen-bond donors (Lipinski definition) is 0. The predicted octanol–water partition coefficient (Wildman–Crippen LogP) is 2.41. The van der Waals surface area contributed by atoms with Gasteiger partial charge in [-0.05, 0) is 24.5 Å². The molecule has 0 saturated carbocycles. The molecule has 3 heteroatoms. The molecule has 2 aliphatic rings.